The minimum absolute atomic E-state index is 0.138. The van der Waals surface area contributed by atoms with Crippen LogP contribution in [0.25, 0.3) is 0 Å². The first-order chi connectivity index (χ1) is 14.0. The van der Waals surface area contributed by atoms with E-state index in [1.807, 2.05) is 0 Å². The second-order valence-electron chi connectivity index (χ2n) is 7.42. The van der Waals surface area contributed by atoms with Gasteiger partial charge in [-0.05, 0) is 30.7 Å². The molecule has 4 nitrogen and oxygen atoms in total. The predicted octanol–water partition coefficient (Wildman–Crippen LogP) is 5.07. The molecular weight excluding hydrogens is 415 g/mol. The van der Waals surface area contributed by atoms with Gasteiger partial charge in [-0.15, -0.1) is 11.8 Å². The Bertz CT molecular complexity index is 912. The van der Waals surface area contributed by atoms with Crippen molar-refractivity contribution in [3.8, 4) is 0 Å². The summed E-state index contributed by atoms with van der Waals surface area (Å²) in [5.41, 5.74) is -0.589. The van der Waals surface area contributed by atoms with Gasteiger partial charge in [-0.2, -0.15) is 13.2 Å². The van der Waals surface area contributed by atoms with Crippen LogP contribution in [0, 0.1) is 0 Å². The lowest BCUT2D eigenvalue weighted by molar-refractivity contribution is -0.139. The second-order valence-corrected chi connectivity index (χ2v) is 8.81. The maximum absolute atomic E-state index is 13.0. The highest BCUT2D eigenvalue weighted by Crippen LogP contribution is 2.33. The van der Waals surface area contributed by atoms with E-state index in [4.69, 9.17) is 4.74 Å². The Labute approximate surface area is 178 Å². The number of alkyl halides is 3. The summed E-state index contributed by atoms with van der Waals surface area (Å²) in [5.74, 6) is -0.767. The molecule has 0 saturated heterocycles. The third-order valence-electron chi connectivity index (χ3n) is 4.63. The van der Waals surface area contributed by atoms with Crippen molar-refractivity contribution >= 4 is 23.6 Å². The Balaban J connectivity index is 2.15. The van der Waals surface area contributed by atoms with Crippen LogP contribution >= 0.6 is 11.8 Å². The van der Waals surface area contributed by atoms with Crippen molar-refractivity contribution in [2.45, 2.75) is 42.5 Å². The number of esters is 1. The SMILES string of the molecule is COC(=O)C(C)Sc1ccccc1C(=O)NCC(C)(C)c1cccc(C(F)(F)F)c1. The van der Waals surface area contributed by atoms with E-state index in [-0.39, 0.29) is 12.5 Å². The molecule has 0 fully saturated rings. The van der Waals surface area contributed by atoms with Crippen LogP contribution < -0.4 is 5.32 Å². The first-order valence-electron chi connectivity index (χ1n) is 9.25. The molecule has 0 bridgehead atoms. The molecule has 0 aromatic heterocycles. The molecule has 0 aliphatic carbocycles. The molecule has 0 aliphatic rings. The van der Waals surface area contributed by atoms with Crippen LogP contribution in [0.5, 0.6) is 0 Å². The van der Waals surface area contributed by atoms with Crippen LogP contribution in [0.3, 0.4) is 0 Å². The molecule has 0 saturated carbocycles. The summed E-state index contributed by atoms with van der Waals surface area (Å²) in [6.07, 6.45) is -4.43. The van der Waals surface area contributed by atoms with Crippen molar-refractivity contribution in [3.05, 3.63) is 65.2 Å². The van der Waals surface area contributed by atoms with Crippen molar-refractivity contribution in [1.29, 1.82) is 0 Å². The summed E-state index contributed by atoms with van der Waals surface area (Å²) >= 11 is 1.21. The zero-order valence-electron chi connectivity index (χ0n) is 17.2. The van der Waals surface area contributed by atoms with Crippen molar-refractivity contribution in [2.75, 3.05) is 13.7 Å². The highest BCUT2D eigenvalue weighted by atomic mass is 32.2. The lowest BCUT2D eigenvalue weighted by atomic mass is 9.83. The maximum Gasteiger partial charge on any atom is 0.416 e. The minimum atomic E-state index is -4.43. The highest BCUT2D eigenvalue weighted by molar-refractivity contribution is 8.00. The number of thioether (sulfide) groups is 1. The maximum atomic E-state index is 13.0. The smallest absolute Gasteiger partial charge is 0.416 e. The molecular formula is C22H24F3NO3S. The van der Waals surface area contributed by atoms with E-state index in [2.05, 4.69) is 5.32 Å². The van der Waals surface area contributed by atoms with Crippen LogP contribution in [0.1, 0.15) is 42.3 Å². The van der Waals surface area contributed by atoms with Gasteiger partial charge in [-0.25, -0.2) is 0 Å². The molecule has 2 aromatic rings. The summed E-state index contributed by atoms with van der Waals surface area (Å²) in [6, 6.07) is 11.9. The molecule has 30 heavy (non-hydrogen) atoms. The number of halogens is 3. The Morgan fingerprint density at radius 2 is 1.70 bits per heavy atom. The monoisotopic (exact) mass is 439 g/mol. The van der Waals surface area contributed by atoms with E-state index in [0.29, 0.717) is 16.0 Å². The molecule has 0 spiro atoms. The Kier molecular flexibility index (Phi) is 7.58. The number of hydrogen-bond donors (Lipinski definition) is 1. The van der Waals surface area contributed by atoms with E-state index < -0.39 is 28.4 Å². The zero-order chi connectivity index (χ0) is 22.5. The van der Waals surface area contributed by atoms with Gasteiger partial charge in [-0.3, -0.25) is 9.59 Å². The number of carbonyl (C=O) groups is 2. The van der Waals surface area contributed by atoms with Crippen LogP contribution in [0.4, 0.5) is 13.2 Å². The third-order valence-corrected chi connectivity index (χ3v) is 5.79. The summed E-state index contributed by atoms with van der Waals surface area (Å²) in [4.78, 5) is 25.1. The number of methoxy groups -OCH3 is 1. The van der Waals surface area contributed by atoms with Gasteiger partial charge in [0.1, 0.15) is 5.25 Å². The summed E-state index contributed by atoms with van der Waals surface area (Å²) in [5, 5.41) is 2.31. The third kappa shape index (κ3) is 6.01. The Morgan fingerprint density at radius 1 is 1.07 bits per heavy atom. The summed E-state index contributed by atoms with van der Waals surface area (Å²) < 4.78 is 43.8. The van der Waals surface area contributed by atoms with E-state index in [1.54, 1.807) is 51.1 Å². The highest BCUT2D eigenvalue weighted by Gasteiger charge is 2.32. The van der Waals surface area contributed by atoms with E-state index in [9.17, 15) is 22.8 Å². The van der Waals surface area contributed by atoms with Crippen molar-refractivity contribution in [3.63, 3.8) is 0 Å². The first-order valence-corrected chi connectivity index (χ1v) is 10.1. The minimum Gasteiger partial charge on any atom is -0.468 e. The molecule has 2 rings (SSSR count). The van der Waals surface area contributed by atoms with Gasteiger partial charge in [0, 0.05) is 16.9 Å². The van der Waals surface area contributed by atoms with Crippen LogP contribution in [0.15, 0.2) is 53.4 Å². The van der Waals surface area contributed by atoms with Crippen molar-refractivity contribution in [2.24, 2.45) is 0 Å². The summed E-state index contributed by atoms with van der Waals surface area (Å²) in [6.45, 7) is 5.35. The lowest BCUT2D eigenvalue weighted by Gasteiger charge is -2.26. The summed E-state index contributed by atoms with van der Waals surface area (Å²) in [7, 11) is 1.30. The molecule has 1 unspecified atom stereocenters. The molecule has 0 aliphatic heterocycles. The van der Waals surface area contributed by atoms with Gasteiger partial charge in [0.15, 0.2) is 0 Å². The second kappa shape index (κ2) is 9.55. The molecule has 0 heterocycles. The number of carbonyl (C=O) groups excluding carboxylic acids is 2. The fourth-order valence-corrected chi connectivity index (χ4v) is 3.79. The number of hydrogen-bond acceptors (Lipinski definition) is 4. The molecule has 8 heteroatoms. The topological polar surface area (TPSA) is 55.4 Å². The van der Waals surface area contributed by atoms with Gasteiger partial charge < -0.3 is 10.1 Å². The standard InChI is InChI=1S/C22H24F3NO3S/c1-14(20(28)29-4)30-18-11-6-5-10-17(18)19(27)26-13-21(2,3)15-8-7-9-16(12-15)22(23,24)25/h5-12,14H,13H2,1-4H3,(H,26,27). The molecule has 162 valence electrons. The number of benzene rings is 2. The number of amides is 1. The molecule has 0 radical (unpaired) electrons. The quantitative estimate of drug-likeness (QED) is 0.484. The van der Waals surface area contributed by atoms with Gasteiger partial charge >= 0.3 is 12.1 Å². The molecule has 1 amide bonds. The fraction of sp³-hybridized carbons (Fsp3) is 0.364. The zero-order valence-corrected chi connectivity index (χ0v) is 18.0. The van der Waals surface area contributed by atoms with Crippen LogP contribution in [-0.4, -0.2) is 30.8 Å². The average Bonchev–Trinajstić information content (AvgIpc) is 2.71. The fourth-order valence-electron chi connectivity index (χ4n) is 2.78. The van der Waals surface area contributed by atoms with E-state index in [0.717, 1.165) is 12.1 Å². The molecule has 1 N–H and O–H groups in total. The van der Waals surface area contributed by atoms with Gasteiger partial charge in [0.25, 0.3) is 5.91 Å². The normalized spacial score (nSPS) is 12.9. The average molecular weight is 439 g/mol. The Morgan fingerprint density at radius 3 is 2.33 bits per heavy atom. The lowest BCUT2D eigenvalue weighted by Crippen LogP contribution is -2.37. The number of ether oxygens (including phenoxy) is 1. The molecule has 2 aromatic carbocycles. The van der Waals surface area contributed by atoms with Gasteiger partial charge in [0.05, 0.1) is 18.2 Å². The molecule has 1 atom stereocenters. The van der Waals surface area contributed by atoms with Gasteiger partial charge in [0.2, 0.25) is 0 Å². The first kappa shape index (κ1) is 23.8. The predicted molar refractivity (Wildman–Crippen MR) is 111 cm³/mol. The van der Waals surface area contributed by atoms with Crippen molar-refractivity contribution in [1.82, 2.24) is 5.32 Å². The number of nitrogens with one attached hydrogen (secondary N) is 1. The van der Waals surface area contributed by atoms with Crippen LogP contribution in [0.2, 0.25) is 0 Å². The van der Waals surface area contributed by atoms with Gasteiger partial charge in [-0.1, -0.05) is 44.2 Å². The number of rotatable bonds is 7. The largest absolute Gasteiger partial charge is 0.468 e. The van der Waals surface area contributed by atoms with E-state index in [1.165, 1.54) is 24.9 Å². The Hall–Kier alpha value is -2.48. The van der Waals surface area contributed by atoms with E-state index >= 15 is 0 Å². The van der Waals surface area contributed by atoms with Crippen LogP contribution in [-0.2, 0) is 21.1 Å². The van der Waals surface area contributed by atoms with Crippen molar-refractivity contribution < 1.29 is 27.5 Å².